The van der Waals surface area contributed by atoms with E-state index in [0.29, 0.717) is 11.5 Å². The van der Waals surface area contributed by atoms with Crippen LogP contribution in [0.15, 0.2) is 12.4 Å². The molecule has 21 heavy (non-hydrogen) atoms. The van der Waals surface area contributed by atoms with Crippen LogP contribution in [0.5, 0.6) is 0 Å². The molecule has 1 atom stereocenters. The Balaban J connectivity index is 1.79. The monoisotopic (exact) mass is 292 g/mol. The molecule has 0 spiro atoms. The summed E-state index contributed by atoms with van der Waals surface area (Å²) in [7, 11) is 0. The van der Waals surface area contributed by atoms with Crippen molar-refractivity contribution in [3.05, 3.63) is 18.0 Å². The molecule has 1 aliphatic rings. The Labute approximate surface area is 127 Å². The fourth-order valence-corrected chi connectivity index (χ4v) is 2.65. The maximum absolute atomic E-state index is 12.1. The Morgan fingerprint density at radius 3 is 2.62 bits per heavy atom. The molecule has 0 unspecified atom stereocenters. The Morgan fingerprint density at radius 2 is 2.05 bits per heavy atom. The molecule has 5 nitrogen and oxygen atoms in total. The third kappa shape index (κ3) is 4.56. The third-order valence-electron chi connectivity index (χ3n) is 3.91. The number of aromatic nitrogens is 2. The van der Waals surface area contributed by atoms with Crippen molar-refractivity contribution < 1.29 is 4.79 Å². The topological polar surface area (TPSA) is 50.2 Å². The Kier molecular flexibility index (Phi) is 5.04. The van der Waals surface area contributed by atoms with Crippen molar-refractivity contribution in [3.63, 3.8) is 0 Å². The molecule has 1 aromatic rings. The lowest BCUT2D eigenvalue weighted by Gasteiger charge is -2.20. The zero-order chi connectivity index (χ0) is 15.5. The minimum absolute atomic E-state index is 0.0289. The molecule has 1 fully saturated rings. The molecule has 0 saturated carbocycles. The lowest BCUT2D eigenvalue weighted by Crippen LogP contribution is -2.34. The average Bonchev–Trinajstić information content (AvgIpc) is 3.05. The van der Waals surface area contributed by atoms with E-state index in [4.69, 9.17) is 0 Å². The van der Waals surface area contributed by atoms with Crippen LogP contribution in [0, 0.1) is 5.92 Å². The molecule has 0 bridgehead atoms. The van der Waals surface area contributed by atoms with Crippen molar-refractivity contribution >= 4 is 5.91 Å². The van der Waals surface area contributed by atoms with Gasteiger partial charge in [-0.3, -0.25) is 9.48 Å². The van der Waals surface area contributed by atoms with Crippen LogP contribution in [0.4, 0.5) is 0 Å². The van der Waals surface area contributed by atoms with Crippen LogP contribution in [-0.4, -0.2) is 46.8 Å². The van der Waals surface area contributed by atoms with E-state index in [1.54, 1.807) is 6.20 Å². The predicted molar refractivity (Wildman–Crippen MR) is 84.4 cm³/mol. The predicted octanol–water partition coefficient (Wildman–Crippen LogP) is 2.10. The van der Waals surface area contributed by atoms with Gasteiger partial charge in [-0.25, -0.2) is 0 Å². The quantitative estimate of drug-likeness (QED) is 0.904. The molecule has 118 valence electrons. The molecular weight excluding hydrogens is 264 g/mol. The van der Waals surface area contributed by atoms with Gasteiger partial charge in [0.15, 0.2) is 0 Å². The first-order valence-electron chi connectivity index (χ1n) is 7.92. The van der Waals surface area contributed by atoms with Crippen LogP contribution in [0.3, 0.4) is 0 Å². The lowest BCUT2D eigenvalue weighted by molar-refractivity contribution is 0.0945. The third-order valence-corrected chi connectivity index (χ3v) is 3.91. The van der Waals surface area contributed by atoms with E-state index in [9.17, 15) is 4.79 Å². The zero-order valence-corrected chi connectivity index (χ0v) is 13.7. The molecule has 5 heteroatoms. The van der Waals surface area contributed by atoms with Crippen LogP contribution < -0.4 is 5.32 Å². The first-order valence-corrected chi connectivity index (χ1v) is 7.92. The summed E-state index contributed by atoms with van der Waals surface area (Å²) in [5.74, 6) is 0.448. The van der Waals surface area contributed by atoms with Gasteiger partial charge in [-0.15, -0.1) is 0 Å². The van der Waals surface area contributed by atoms with E-state index >= 15 is 0 Å². The number of hydrogen-bond donors (Lipinski definition) is 1. The number of likely N-dealkylation sites (tertiary alicyclic amines) is 1. The fraction of sp³-hybridized carbons (Fsp3) is 0.750. The smallest absolute Gasteiger partial charge is 0.254 e. The van der Waals surface area contributed by atoms with E-state index in [1.165, 1.54) is 25.9 Å². The zero-order valence-electron chi connectivity index (χ0n) is 13.7. The summed E-state index contributed by atoms with van der Waals surface area (Å²) in [5, 5.41) is 7.28. The number of nitrogens with one attached hydrogen (secondary N) is 1. The maximum atomic E-state index is 12.1. The van der Waals surface area contributed by atoms with E-state index in [-0.39, 0.29) is 11.4 Å². The summed E-state index contributed by atoms with van der Waals surface area (Å²) < 4.78 is 1.83. The van der Waals surface area contributed by atoms with Crippen molar-refractivity contribution in [3.8, 4) is 0 Å². The van der Waals surface area contributed by atoms with Gasteiger partial charge in [0.05, 0.1) is 17.3 Å². The normalized spacial score (nSPS) is 17.9. The van der Waals surface area contributed by atoms with Gasteiger partial charge in [0, 0.05) is 19.3 Å². The van der Waals surface area contributed by atoms with Crippen LogP contribution in [0.25, 0.3) is 0 Å². The summed E-state index contributed by atoms with van der Waals surface area (Å²) in [6.45, 7) is 12.6. The molecule has 0 aromatic carbocycles. The number of carbonyl (C=O) groups is 1. The van der Waals surface area contributed by atoms with E-state index in [1.807, 2.05) is 10.9 Å². The van der Waals surface area contributed by atoms with E-state index in [2.05, 4.69) is 43.0 Å². The molecule has 0 aliphatic carbocycles. The summed E-state index contributed by atoms with van der Waals surface area (Å²) in [6, 6.07) is 0. The Bertz CT molecular complexity index is 469. The molecule has 2 rings (SSSR count). The summed E-state index contributed by atoms with van der Waals surface area (Å²) in [5.41, 5.74) is 0.542. The number of rotatable bonds is 5. The van der Waals surface area contributed by atoms with Gasteiger partial charge in [-0.1, -0.05) is 6.92 Å². The summed E-state index contributed by atoms with van der Waals surface area (Å²) in [6.07, 6.45) is 6.09. The highest BCUT2D eigenvalue weighted by Crippen LogP contribution is 2.13. The highest BCUT2D eigenvalue weighted by Gasteiger charge is 2.18. The molecule has 0 radical (unpaired) electrons. The molecule has 1 N–H and O–H groups in total. The minimum Gasteiger partial charge on any atom is -0.352 e. The van der Waals surface area contributed by atoms with Crippen molar-refractivity contribution in [1.29, 1.82) is 0 Å². The second-order valence-electron chi connectivity index (χ2n) is 7.17. The molecular formula is C16H28N4O. The molecule has 1 saturated heterocycles. The van der Waals surface area contributed by atoms with E-state index < -0.39 is 0 Å². The Morgan fingerprint density at radius 1 is 1.38 bits per heavy atom. The van der Waals surface area contributed by atoms with Gasteiger partial charge in [0.2, 0.25) is 0 Å². The van der Waals surface area contributed by atoms with Gasteiger partial charge in [-0.05, 0) is 52.6 Å². The van der Waals surface area contributed by atoms with Crippen molar-refractivity contribution in [2.45, 2.75) is 46.1 Å². The van der Waals surface area contributed by atoms with Crippen LogP contribution >= 0.6 is 0 Å². The van der Waals surface area contributed by atoms with Gasteiger partial charge in [-0.2, -0.15) is 5.10 Å². The number of carbonyl (C=O) groups excluding carboxylic acids is 1. The number of nitrogens with zero attached hydrogens (tertiary/aromatic N) is 3. The first kappa shape index (κ1) is 16.0. The Hall–Kier alpha value is -1.36. The molecule has 1 aromatic heterocycles. The standard InChI is InChI=1S/C16H28N4O/c1-13(11-19-7-5-6-8-19)9-17-15(21)14-10-18-20(12-14)16(2,3)4/h10,12-13H,5-9,11H2,1-4H3,(H,17,21)/t13-/m0/s1. The van der Waals surface area contributed by atoms with Crippen molar-refractivity contribution in [2.75, 3.05) is 26.2 Å². The van der Waals surface area contributed by atoms with Gasteiger partial charge >= 0.3 is 0 Å². The summed E-state index contributed by atoms with van der Waals surface area (Å²) >= 11 is 0. The number of hydrogen-bond acceptors (Lipinski definition) is 3. The van der Waals surface area contributed by atoms with Crippen molar-refractivity contribution in [1.82, 2.24) is 20.0 Å². The first-order chi connectivity index (χ1) is 9.86. The number of amides is 1. The lowest BCUT2D eigenvalue weighted by atomic mass is 10.1. The maximum Gasteiger partial charge on any atom is 0.254 e. The van der Waals surface area contributed by atoms with Crippen LogP contribution in [-0.2, 0) is 5.54 Å². The minimum atomic E-state index is -0.0957. The van der Waals surface area contributed by atoms with Gasteiger partial charge in [0.1, 0.15) is 0 Å². The van der Waals surface area contributed by atoms with E-state index in [0.717, 1.165) is 13.1 Å². The summed E-state index contributed by atoms with van der Waals surface area (Å²) in [4.78, 5) is 14.6. The van der Waals surface area contributed by atoms with Crippen LogP contribution in [0.2, 0.25) is 0 Å². The van der Waals surface area contributed by atoms with Gasteiger partial charge in [0.25, 0.3) is 5.91 Å². The van der Waals surface area contributed by atoms with Crippen LogP contribution in [0.1, 0.15) is 50.9 Å². The largest absolute Gasteiger partial charge is 0.352 e. The highest BCUT2D eigenvalue weighted by molar-refractivity contribution is 5.93. The highest BCUT2D eigenvalue weighted by atomic mass is 16.1. The molecule has 2 heterocycles. The SMILES string of the molecule is C[C@@H](CNC(=O)c1cnn(C(C)(C)C)c1)CN1CCCC1. The molecule has 1 aliphatic heterocycles. The second-order valence-corrected chi connectivity index (χ2v) is 7.17. The van der Waals surface area contributed by atoms with Gasteiger partial charge < -0.3 is 10.2 Å². The second kappa shape index (κ2) is 6.60. The molecule has 1 amide bonds. The van der Waals surface area contributed by atoms with Crippen molar-refractivity contribution in [2.24, 2.45) is 5.92 Å². The fourth-order valence-electron chi connectivity index (χ4n) is 2.65. The average molecular weight is 292 g/mol.